The summed E-state index contributed by atoms with van der Waals surface area (Å²) in [5.74, 6) is 0.882. The Kier molecular flexibility index (Phi) is 1.74. The fourth-order valence-corrected chi connectivity index (χ4v) is 3.33. The highest BCUT2D eigenvalue weighted by Gasteiger charge is 2.56. The van der Waals surface area contributed by atoms with E-state index in [-0.39, 0.29) is 5.41 Å². The first-order chi connectivity index (χ1) is 6.09. The quantitative estimate of drug-likeness (QED) is 0.550. The minimum Gasteiger partial charge on any atom is -0.387 e. The smallest absolute Gasteiger partial charge is 0.102 e. The first-order valence-electron chi connectivity index (χ1n) is 4.48. The molecule has 3 N–H and O–H groups in total. The Hall–Kier alpha value is -0.830. The van der Waals surface area contributed by atoms with Gasteiger partial charge in [0.05, 0.1) is 5.41 Å². The van der Waals surface area contributed by atoms with Gasteiger partial charge in [0, 0.05) is 4.88 Å². The third-order valence-electron chi connectivity index (χ3n) is 3.06. The molecule has 1 saturated carbocycles. The summed E-state index contributed by atoms with van der Waals surface area (Å²) in [4.78, 5) is 1.30. The molecule has 2 unspecified atom stereocenters. The van der Waals surface area contributed by atoms with Crippen LogP contribution in [0.4, 0.5) is 0 Å². The van der Waals surface area contributed by atoms with Gasteiger partial charge in [0.15, 0.2) is 0 Å². The van der Waals surface area contributed by atoms with E-state index in [9.17, 15) is 0 Å². The van der Waals surface area contributed by atoms with Gasteiger partial charge in [-0.15, -0.1) is 11.3 Å². The summed E-state index contributed by atoms with van der Waals surface area (Å²) in [5.41, 5.74) is 6.86. The van der Waals surface area contributed by atoms with Gasteiger partial charge < -0.3 is 5.73 Å². The topological polar surface area (TPSA) is 49.9 Å². The molecule has 1 aliphatic carbocycles. The first-order valence-corrected chi connectivity index (χ1v) is 5.36. The molecule has 0 aliphatic heterocycles. The van der Waals surface area contributed by atoms with E-state index in [0.717, 1.165) is 6.42 Å². The minimum absolute atomic E-state index is 0.0990. The van der Waals surface area contributed by atoms with E-state index in [4.69, 9.17) is 11.1 Å². The van der Waals surface area contributed by atoms with Crippen LogP contribution in [0.25, 0.3) is 0 Å². The summed E-state index contributed by atoms with van der Waals surface area (Å²) in [6.45, 7) is 4.27. The van der Waals surface area contributed by atoms with Crippen LogP contribution in [0.5, 0.6) is 0 Å². The molecule has 2 atom stereocenters. The number of amidine groups is 1. The SMILES string of the molecule is Cc1ccsc1C1(C(=N)N)CC1C. The normalized spacial score (nSPS) is 31.7. The number of hydrogen-bond donors (Lipinski definition) is 2. The van der Waals surface area contributed by atoms with Crippen molar-refractivity contribution in [3.63, 3.8) is 0 Å². The summed E-state index contributed by atoms with van der Waals surface area (Å²) in [5, 5.41) is 9.73. The molecular formula is C10H14N2S. The summed E-state index contributed by atoms with van der Waals surface area (Å²) >= 11 is 1.73. The lowest BCUT2D eigenvalue weighted by atomic mass is 9.98. The number of rotatable bonds is 2. The van der Waals surface area contributed by atoms with Crippen LogP contribution in [-0.4, -0.2) is 5.84 Å². The molecule has 1 aromatic heterocycles. The first kappa shape index (κ1) is 8.75. The van der Waals surface area contributed by atoms with Gasteiger partial charge >= 0.3 is 0 Å². The molecule has 0 amide bonds. The highest BCUT2D eigenvalue weighted by Crippen LogP contribution is 2.56. The van der Waals surface area contributed by atoms with E-state index >= 15 is 0 Å². The van der Waals surface area contributed by atoms with Crippen LogP contribution in [-0.2, 0) is 5.41 Å². The second kappa shape index (κ2) is 2.58. The largest absolute Gasteiger partial charge is 0.387 e. The second-order valence-electron chi connectivity index (χ2n) is 3.92. The van der Waals surface area contributed by atoms with Crippen LogP contribution in [0.15, 0.2) is 11.4 Å². The molecule has 70 valence electrons. The Morgan fingerprint density at radius 2 is 2.38 bits per heavy atom. The van der Waals surface area contributed by atoms with Crippen molar-refractivity contribution in [3.8, 4) is 0 Å². The van der Waals surface area contributed by atoms with E-state index < -0.39 is 0 Å². The van der Waals surface area contributed by atoms with E-state index in [1.54, 1.807) is 11.3 Å². The van der Waals surface area contributed by atoms with Crippen molar-refractivity contribution in [3.05, 3.63) is 21.9 Å². The summed E-state index contributed by atoms with van der Waals surface area (Å²) in [6, 6.07) is 2.11. The summed E-state index contributed by atoms with van der Waals surface area (Å²) in [6.07, 6.45) is 1.05. The van der Waals surface area contributed by atoms with Crippen molar-refractivity contribution < 1.29 is 0 Å². The molecule has 1 aromatic rings. The molecule has 0 aromatic carbocycles. The predicted molar refractivity (Wildman–Crippen MR) is 56.4 cm³/mol. The van der Waals surface area contributed by atoms with Crippen molar-refractivity contribution in [1.29, 1.82) is 5.41 Å². The highest BCUT2D eigenvalue weighted by molar-refractivity contribution is 7.10. The third kappa shape index (κ3) is 1.03. The van der Waals surface area contributed by atoms with Gasteiger partial charge in [0.25, 0.3) is 0 Å². The minimum atomic E-state index is -0.0990. The molecule has 2 rings (SSSR count). The van der Waals surface area contributed by atoms with Gasteiger partial charge in [-0.1, -0.05) is 6.92 Å². The fourth-order valence-electron chi connectivity index (χ4n) is 2.07. The Balaban J connectivity index is 2.45. The number of nitrogens with two attached hydrogens (primary N) is 1. The van der Waals surface area contributed by atoms with Crippen molar-refractivity contribution in [2.75, 3.05) is 0 Å². The second-order valence-corrected chi connectivity index (χ2v) is 4.84. The van der Waals surface area contributed by atoms with Crippen LogP contribution in [0.3, 0.4) is 0 Å². The lowest BCUT2D eigenvalue weighted by Crippen LogP contribution is -2.29. The number of aryl methyl sites for hydroxylation is 1. The predicted octanol–water partition coefficient (Wildman–Crippen LogP) is 2.27. The molecule has 1 aliphatic rings. The maximum atomic E-state index is 7.65. The number of nitrogens with one attached hydrogen (secondary N) is 1. The van der Waals surface area contributed by atoms with Crippen LogP contribution in [0, 0.1) is 18.3 Å². The average molecular weight is 194 g/mol. The van der Waals surface area contributed by atoms with Gasteiger partial charge in [0.1, 0.15) is 5.84 Å². The molecule has 1 heterocycles. The van der Waals surface area contributed by atoms with Gasteiger partial charge in [-0.05, 0) is 36.3 Å². The van der Waals surface area contributed by atoms with Gasteiger partial charge in [-0.25, -0.2) is 0 Å². The van der Waals surface area contributed by atoms with Crippen molar-refractivity contribution in [2.45, 2.75) is 25.7 Å². The van der Waals surface area contributed by atoms with E-state index in [2.05, 4.69) is 25.3 Å². The van der Waals surface area contributed by atoms with Crippen molar-refractivity contribution in [1.82, 2.24) is 0 Å². The Morgan fingerprint density at radius 3 is 2.69 bits per heavy atom. The molecular weight excluding hydrogens is 180 g/mol. The monoisotopic (exact) mass is 194 g/mol. The number of hydrogen-bond acceptors (Lipinski definition) is 2. The van der Waals surface area contributed by atoms with E-state index in [1.807, 2.05) is 0 Å². The van der Waals surface area contributed by atoms with Crippen LogP contribution >= 0.6 is 11.3 Å². The maximum Gasteiger partial charge on any atom is 0.102 e. The molecule has 0 saturated heterocycles. The van der Waals surface area contributed by atoms with Crippen LogP contribution in [0.2, 0.25) is 0 Å². The molecule has 1 fully saturated rings. The fraction of sp³-hybridized carbons (Fsp3) is 0.500. The molecule has 3 heteroatoms. The zero-order valence-electron chi connectivity index (χ0n) is 7.92. The number of thiophene rings is 1. The third-order valence-corrected chi connectivity index (χ3v) is 4.25. The van der Waals surface area contributed by atoms with Crippen LogP contribution < -0.4 is 5.73 Å². The Bertz CT molecular complexity index is 356. The van der Waals surface area contributed by atoms with Crippen molar-refractivity contribution >= 4 is 17.2 Å². The maximum absolute atomic E-state index is 7.65. The summed E-state index contributed by atoms with van der Waals surface area (Å²) < 4.78 is 0. The standard InChI is InChI=1S/C10H14N2S/c1-6-3-4-13-8(6)10(9(11)12)5-7(10)2/h3-4,7H,5H2,1-2H3,(H3,11,12). The lowest BCUT2D eigenvalue weighted by molar-refractivity contribution is 0.815. The highest BCUT2D eigenvalue weighted by atomic mass is 32.1. The summed E-state index contributed by atoms with van der Waals surface area (Å²) in [7, 11) is 0. The van der Waals surface area contributed by atoms with Gasteiger partial charge in [0.2, 0.25) is 0 Å². The lowest BCUT2D eigenvalue weighted by Gasteiger charge is -2.13. The zero-order valence-corrected chi connectivity index (χ0v) is 8.74. The zero-order chi connectivity index (χ0) is 9.64. The van der Waals surface area contributed by atoms with Crippen LogP contribution in [0.1, 0.15) is 23.8 Å². The molecule has 2 nitrogen and oxygen atoms in total. The van der Waals surface area contributed by atoms with Gasteiger partial charge in [-0.3, -0.25) is 5.41 Å². The van der Waals surface area contributed by atoms with Gasteiger partial charge in [-0.2, -0.15) is 0 Å². The Morgan fingerprint density at radius 1 is 1.77 bits per heavy atom. The average Bonchev–Trinajstić information content (AvgIpc) is 2.53. The van der Waals surface area contributed by atoms with E-state index in [0.29, 0.717) is 11.8 Å². The molecule has 0 spiro atoms. The molecule has 0 bridgehead atoms. The van der Waals surface area contributed by atoms with Crippen molar-refractivity contribution in [2.24, 2.45) is 11.7 Å². The molecule has 0 radical (unpaired) electrons. The molecule has 13 heavy (non-hydrogen) atoms. The Labute approximate surface area is 82.3 Å². The van der Waals surface area contributed by atoms with E-state index in [1.165, 1.54) is 10.4 Å².